The summed E-state index contributed by atoms with van der Waals surface area (Å²) >= 11 is 0. The van der Waals surface area contributed by atoms with Gasteiger partial charge >= 0.3 is 0 Å². The molecule has 1 N–H and O–H groups in total. The summed E-state index contributed by atoms with van der Waals surface area (Å²) in [6.45, 7) is 6.80. The molecule has 0 saturated carbocycles. The van der Waals surface area contributed by atoms with Crippen LogP contribution in [0.25, 0.3) is 0 Å². The van der Waals surface area contributed by atoms with Crippen LogP contribution in [0.3, 0.4) is 0 Å². The topological polar surface area (TPSA) is 58.6 Å². The van der Waals surface area contributed by atoms with Gasteiger partial charge in [-0.25, -0.2) is 0 Å². The van der Waals surface area contributed by atoms with Gasteiger partial charge in [0.25, 0.3) is 0 Å². The zero-order chi connectivity index (χ0) is 13.0. The second-order valence-electron chi connectivity index (χ2n) is 4.87. The van der Waals surface area contributed by atoms with E-state index >= 15 is 0 Å². The third-order valence-electron chi connectivity index (χ3n) is 3.05. The Morgan fingerprint density at radius 1 is 1.41 bits per heavy atom. The summed E-state index contributed by atoms with van der Waals surface area (Å²) in [6.07, 6.45) is 0.353. The maximum atomic E-state index is 12.2. The Morgan fingerprint density at radius 2 is 2.06 bits per heavy atom. The summed E-state index contributed by atoms with van der Waals surface area (Å²) < 4.78 is 5.17. The average molecular weight is 242 g/mol. The molecule has 0 radical (unpaired) electrons. The number of nitrogens with zero attached hydrogens (tertiary/aromatic N) is 1. The molecule has 2 unspecified atom stereocenters. The highest BCUT2D eigenvalue weighted by atomic mass is 16.5. The number of amides is 2. The lowest BCUT2D eigenvalue weighted by Gasteiger charge is -2.27. The molecule has 17 heavy (non-hydrogen) atoms. The monoisotopic (exact) mass is 242 g/mol. The van der Waals surface area contributed by atoms with Gasteiger partial charge in [-0.15, -0.1) is 0 Å². The molecule has 0 aromatic carbocycles. The molecule has 1 fully saturated rings. The van der Waals surface area contributed by atoms with Gasteiger partial charge in [0.2, 0.25) is 11.8 Å². The van der Waals surface area contributed by atoms with Gasteiger partial charge in [0.05, 0.1) is 6.10 Å². The number of nitrogens with one attached hydrogen (secondary N) is 1. The minimum absolute atomic E-state index is 0.00486. The molecular weight excluding hydrogens is 220 g/mol. The lowest BCUT2D eigenvalue weighted by atomic mass is 10.0. The number of hydrogen-bond donors (Lipinski definition) is 1. The van der Waals surface area contributed by atoms with Gasteiger partial charge in [-0.3, -0.25) is 9.59 Å². The Balaban J connectivity index is 2.76. The predicted octanol–water partition coefficient (Wildman–Crippen LogP) is 0.394. The largest absolute Gasteiger partial charge is 0.380 e. The smallest absolute Gasteiger partial charge is 0.245 e. The van der Waals surface area contributed by atoms with E-state index in [1.54, 1.807) is 12.0 Å². The van der Waals surface area contributed by atoms with E-state index in [1.165, 1.54) is 0 Å². The fourth-order valence-electron chi connectivity index (χ4n) is 1.87. The number of methoxy groups -OCH3 is 1. The summed E-state index contributed by atoms with van der Waals surface area (Å²) in [4.78, 5) is 25.5. The minimum atomic E-state index is -0.408. The van der Waals surface area contributed by atoms with Crippen molar-refractivity contribution in [3.05, 3.63) is 0 Å². The SMILES string of the molecule is COC(C)CN1CCC(=O)NC(C(C)C)C1=O. The van der Waals surface area contributed by atoms with Crippen LogP contribution in [0.4, 0.5) is 0 Å². The molecule has 0 aromatic heterocycles. The molecule has 1 aliphatic rings. The van der Waals surface area contributed by atoms with E-state index < -0.39 is 6.04 Å². The van der Waals surface area contributed by atoms with E-state index in [9.17, 15) is 9.59 Å². The van der Waals surface area contributed by atoms with Gasteiger partial charge in [-0.1, -0.05) is 13.8 Å². The maximum absolute atomic E-state index is 12.2. The highest BCUT2D eigenvalue weighted by Gasteiger charge is 2.32. The summed E-state index contributed by atoms with van der Waals surface area (Å²) in [5.74, 6) is 0.0456. The van der Waals surface area contributed by atoms with Crippen molar-refractivity contribution in [2.75, 3.05) is 20.2 Å². The first kappa shape index (κ1) is 14.0. The van der Waals surface area contributed by atoms with Crippen molar-refractivity contribution in [2.24, 2.45) is 5.92 Å². The van der Waals surface area contributed by atoms with Gasteiger partial charge in [-0.05, 0) is 12.8 Å². The lowest BCUT2D eigenvalue weighted by molar-refractivity contribution is -0.136. The number of carbonyl (C=O) groups excluding carboxylic acids is 2. The van der Waals surface area contributed by atoms with Gasteiger partial charge in [0.15, 0.2) is 0 Å². The van der Waals surface area contributed by atoms with E-state index in [2.05, 4.69) is 5.32 Å². The molecular formula is C12H22N2O3. The van der Waals surface area contributed by atoms with Crippen LogP contribution >= 0.6 is 0 Å². The summed E-state index contributed by atoms with van der Waals surface area (Å²) in [6, 6.07) is -0.408. The number of hydrogen-bond acceptors (Lipinski definition) is 3. The summed E-state index contributed by atoms with van der Waals surface area (Å²) in [7, 11) is 1.62. The Kier molecular flexibility index (Phi) is 4.93. The zero-order valence-electron chi connectivity index (χ0n) is 11.0. The zero-order valence-corrected chi connectivity index (χ0v) is 11.0. The average Bonchev–Trinajstić information content (AvgIpc) is 2.41. The number of ether oxygens (including phenoxy) is 1. The van der Waals surface area contributed by atoms with Crippen LogP contribution in [-0.2, 0) is 14.3 Å². The molecule has 1 heterocycles. The molecule has 1 rings (SSSR count). The van der Waals surface area contributed by atoms with Crippen molar-refractivity contribution in [1.29, 1.82) is 0 Å². The molecule has 98 valence electrons. The highest BCUT2D eigenvalue weighted by molar-refractivity contribution is 5.90. The van der Waals surface area contributed by atoms with Crippen molar-refractivity contribution in [3.8, 4) is 0 Å². The third kappa shape index (κ3) is 3.70. The molecule has 5 nitrogen and oxygen atoms in total. The van der Waals surface area contributed by atoms with Crippen LogP contribution in [0.1, 0.15) is 27.2 Å². The molecule has 1 saturated heterocycles. The van der Waals surface area contributed by atoms with Crippen LogP contribution in [0, 0.1) is 5.92 Å². The van der Waals surface area contributed by atoms with Gasteiger partial charge in [0.1, 0.15) is 6.04 Å². The van der Waals surface area contributed by atoms with Crippen molar-refractivity contribution in [3.63, 3.8) is 0 Å². The van der Waals surface area contributed by atoms with Crippen molar-refractivity contribution >= 4 is 11.8 Å². The third-order valence-corrected chi connectivity index (χ3v) is 3.05. The Bertz CT molecular complexity index is 291. The van der Waals surface area contributed by atoms with Crippen molar-refractivity contribution in [2.45, 2.75) is 39.3 Å². The molecule has 0 aromatic rings. The van der Waals surface area contributed by atoms with E-state index in [-0.39, 0.29) is 23.8 Å². The van der Waals surface area contributed by atoms with Crippen LogP contribution in [-0.4, -0.2) is 49.1 Å². The Morgan fingerprint density at radius 3 is 2.59 bits per heavy atom. The minimum Gasteiger partial charge on any atom is -0.380 e. The molecule has 0 bridgehead atoms. The van der Waals surface area contributed by atoms with Crippen LogP contribution in [0.5, 0.6) is 0 Å². The normalized spacial score (nSPS) is 23.6. The van der Waals surface area contributed by atoms with E-state index in [0.29, 0.717) is 19.5 Å². The quantitative estimate of drug-likeness (QED) is 0.776. The number of carbonyl (C=O) groups is 2. The molecule has 5 heteroatoms. The van der Waals surface area contributed by atoms with Gasteiger partial charge in [0, 0.05) is 26.6 Å². The summed E-state index contributed by atoms with van der Waals surface area (Å²) in [5.41, 5.74) is 0. The van der Waals surface area contributed by atoms with Crippen LogP contribution < -0.4 is 5.32 Å². The van der Waals surface area contributed by atoms with E-state index in [4.69, 9.17) is 4.74 Å². The van der Waals surface area contributed by atoms with E-state index in [1.807, 2.05) is 20.8 Å². The highest BCUT2D eigenvalue weighted by Crippen LogP contribution is 2.11. The molecule has 2 amide bonds. The molecule has 1 aliphatic heterocycles. The van der Waals surface area contributed by atoms with Crippen LogP contribution in [0.2, 0.25) is 0 Å². The van der Waals surface area contributed by atoms with Crippen LogP contribution in [0.15, 0.2) is 0 Å². The summed E-state index contributed by atoms with van der Waals surface area (Å²) in [5, 5.41) is 2.78. The first-order chi connectivity index (χ1) is 7.95. The maximum Gasteiger partial charge on any atom is 0.245 e. The predicted molar refractivity (Wildman–Crippen MR) is 64.4 cm³/mol. The fraction of sp³-hybridized carbons (Fsp3) is 0.833. The first-order valence-electron chi connectivity index (χ1n) is 6.06. The number of rotatable bonds is 4. The second-order valence-corrected chi connectivity index (χ2v) is 4.87. The second kappa shape index (κ2) is 6.00. The fourth-order valence-corrected chi connectivity index (χ4v) is 1.87. The van der Waals surface area contributed by atoms with Gasteiger partial charge < -0.3 is 15.0 Å². The first-order valence-corrected chi connectivity index (χ1v) is 6.06. The van der Waals surface area contributed by atoms with Crippen molar-refractivity contribution < 1.29 is 14.3 Å². The Hall–Kier alpha value is -1.10. The van der Waals surface area contributed by atoms with E-state index in [0.717, 1.165) is 0 Å². The molecule has 0 aliphatic carbocycles. The van der Waals surface area contributed by atoms with Crippen molar-refractivity contribution in [1.82, 2.24) is 10.2 Å². The molecule has 2 atom stereocenters. The standard InChI is InChI=1S/C12H22N2O3/c1-8(2)11-12(16)14(7-9(3)17-4)6-5-10(15)13-11/h8-9,11H,5-7H2,1-4H3,(H,13,15). The van der Waals surface area contributed by atoms with Gasteiger partial charge in [-0.2, -0.15) is 0 Å². The molecule has 0 spiro atoms. The lowest BCUT2D eigenvalue weighted by Crippen LogP contribution is -2.49. The Labute approximate surface area is 102 Å².